The van der Waals surface area contributed by atoms with Gasteiger partial charge in [0.15, 0.2) is 5.72 Å². The standard InChI is InChI=1S/C15H19NO3/c1-9-6-10(2)13-8-15(5,19-12(4)18)16(11(3)17)14(13)7-9/h6-7H,8H2,1-5H3. The van der Waals surface area contributed by atoms with Gasteiger partial charge in [0.25, 0.3) is 0 Å². The topological polar surface area (TPSA) is 46.6 Å². The lowest BCUT2D eigenvalue weighted by molar-refractivity contribution is -0.155. The van der Waals surface area contributed by atoms with Crippen molar-refractivity contribution in [2.24, 2.45) is 0 Å². The molecular formula is C15H19NO3. The van der Waals surface area contributed by atoms with E-state index < -0.39 is 5.72 Å². The van der Waals surface area contributed by atoms with Gasteiger partial charge in [0.2, 0.25) is 5.91 Å². The van der Waals surface area contributed by atoms with Crippen LogP contribution in [0, 0.1) is 13.8 Å². The molecule has 0 fully saturated rings. The second-order valence-corrected chi connectivity index (χ2v) is 5.38. The smallest absolute Gasteiger partial charge is 0.304 e. The zero-order chi connectivity index (χ0) is 14.4. The van der Waals surface area contributed by atoms with Crippen molar-refractivity contribution in [1.29, 1.82) is 0 Å². The van der Waals surface area contributed by atoms with E-state index in [1.165, 1.54) is 13.8 Å². The summed E-state index contributed by atoms with van der Waals surface area (Å²) in [4.78, 5) is 24.9. The summed E-state index contributed by atoms with van der Waals surface area (Å²) in [5.41, 5.74) is 3.23. The number of anilines is 1. The first kappa shape index (κ1) is 13.6. The SMILES string of the molecule is CC(=O)OC1(C)Cc2c(C)cc(C)cc2N1C(C)=O. The highest BCUT2D eigenvalue weighted by atomic mass is 16.6. The first-order chi connectivity index (χ1) is 8.74. The molecule has 0 saturated carbocycles. The molecule has 0 aliphatic carbocycles. The van der Waals surface area contributed by atoms with Gasteiger partial charge in [0.05, 0.1) is 5.69 Å². The summed E-state index contributed by atoms with van der Waals surface area (Å²) in [6, 6.07) is 4.05. The Morgan fingerprint density at radius 3 is 2.42 bits per heavy atom. The third kappa shape index (κ3) is 2.23. The maximum atomic E-state index is 12.0. The minimum absolute atomic E-state index is 0.118. The summed E-state index contributed by atoms with van der Waals surface area (Å²) in [5, 5.41) is 0. The molecule has 4 heteroatoms. The molecule has 1 atom stereocenters. The van der Waals surface area contributed by atoms with Crippen LogP contribution in [0.3, 0.4) is 0 Å². The number of ether oxygens (including phenoxy) is 1. The molecule has 2 rings (SSSR count). The fourth-order valence-corrected chi connectivity index (χ4v) is 2.96. The molecule has 0 N–H and O–H groups in total. The van der Waals surface area contributed by atoms with Crippen molar-refractivity contribution in [3.63, 3.8) is 0 Å². The normalized spacial score (nSPS) is 21.2. The van der Waals surface area contributed by atoms with Crippen LogP contribution in [0.4, 0.5) is 5.69 Å². The van der Waals surface area contributed by atoms with Gasteiger partial charge in [0, 0.05) is 20.3 Å². The summed E-state index contributed by atoms with van der Waals surface area (Å²) in [5.74, 6) is -0.497. The van der Waals surface area contributed by atoms with Gasteiger partial charge in [-0.2, -0.15) is 0 Å². The maximum absolute atomic E-state index is 12.0. The van der Waals surface area contributed by atoms with Crippen molar-refractivity contribution in [2.75, 3.05) is 4.90 Å². The quantitative estimate of drug-likeness (QED) is 0.730. The summed E-state index contributed by atoms with van der Waals surface area (Å²) in [7, 11) is 0. The lowest BCUT2D eigenvalue weighted by Gasteiger charge is -2.33. The van der Waals surface area contributed by atoms with Gasteiger partial charge in [-0.3, -0.25) is 14.5 Å². The van der Waals surface area contributed by atoms with Crippen LogP contribution < -0.4 is 4.90 Å². The van der Waals surface area contributed by atoms with Crippen molar-refractivity contribution in [1.82, 2.24) is 0 Å². The van der Waals surface area contributed by atoms with E-state index in [-0.39, 0.29) is 11.9 Å². The van der Waals surface area contributed by atoms with Crippen LogP contribution in [0.15, 0.2) is 12.1 Å². The van der Waals surface area contributed by atoms with Crippen LogP contribution in [0.2, 0.25) is 0 Å². The molecule has 1 heterocycles. The van der Waals surface area contributed by atoms with Gasteiger partial charge in [-0.05, 0) is 43.5 Å². The Morgan fingerprint density at radius 1 is 1.26 bits per heavy atom. The first-order valence-electron chi connectivity index (χ1n) is 6.35. The Morgan fingerprint density at radius 2 is 1.89 bits per heavy atom. The number of fused-ring (bicyclic) bond motifs is 1. The largest absolute Gasteiger partial charge is 0.439 e. The van der Waals surface area contributed by atoms with E-state index in [4.69, 9.17) is 4.74 Å². The minimum Gasteiger partial charge on any atom is -0.439 e. The molecule has 1 aromatic rings. The maximum Gasteiger partial charge on any atom is 0.304 e. The molecule has 1 aromatic carbocycles. The summed E-state index contributed by atoms with van der Waals surface area (Å²) in [6.07, 6.45) is 0.535. The van der Waals surface area contributed by atoms with E-state index in [1.807, 2.05) is 19.9 Å². The van der Waals surface area contributed by atoms with E-state index in [0.29, 0.717) is 6.42 Å². The molecule has 1 amide bonds. The highest BCUT2D eigenvalue weighted by molar-refractivity contribution is 5.96. The number of carbonyl (C=O) groups excluding carboxylic acids is 2. The van der Waals surface area contributed by atoms with Gasteiger partial charge in [0.1, 0.15) is 0 Å². The van der Waals surface area contributed by atoms with Crippen LogP contribution in [-0.2, 0) is 20.7 Å². The molecule has 0 saturated heterocycles. The molecular weight excluding hydrogens is 242 g/mol. The zero-order valence-corrected chi connectivity index (χ0v) is 12.0. The Kier molecular flexibility index (Phi) is 3.12. The monoisotopic (exact) mass is 261 g/mol. The summed E-state index contributed by atoms with van der Waals surface area (Å²) in [6.45, 7) is 8.65. The van der Waals surface area contributed by atoms with Crippen LogP contribution in [0.25, 0.3) is 0 Å². The zero-order valence-electron chi connectivity index (χ0n) is 12.0. The van der Waals surface area contributed by atoms with Gasteiger partial charge < -0.3 is 4.74 Å². The highest BCUT2D eigenvalue weighted by Gasteiger charge is 2.45. The number of aryl methyl sites for hydroxylation is 2. The van der Waals surface area contributed by atoms with Crippen LogP contribution in [-0.4, -0.2) is 17.6 Å². The molecule has 1 aliphatic heterocycles. The minimum atomic E-state index is -0.918. The number of carbonyl (C=O) groups is 2. The summed E-state index contributed by atoms with van der Waals surface area (Å²) >= 11 is 0. The second kappa shape index (κ2) is 4.37. The fraction of sp³-hybridized carbons (Fsp3) is 0.467. The van der Waals surface area contributed by atoms with E-state index in [0.717, 1.165) is 22.4 Å². The Labute approximate surface area is 113 Å². The molecule has 19 heavy (non-hydrogen) atoms. The third-order valence-electron chi connectivity index (χ3n) is 3.49. The average molecular weight is 261 g/mol. The molecule has 102 valence electrons. The van der Waals surface area contributed by atoms with E-state index in [9.17, 15) is 9.59 Å². The Balaban J connectivity index is 2.57. The number of esters is 1. The molecule has 0 spiro atoms. The van der Waals surface area contributed by atoms with Gasteiger partial charge >= 0.3 is 5.97 Å². The number of hydrogen-bond acceptors (Lipinski definition) is 3. The highest BCUT2D eigenvalue weighted by Crippen LogP contribution is 2.41. The lowest BCUT2D eigenvalue weighted by atomic mass is 10.0. The Bertz CT molecular complexity index is 565. The fourth-order valence-electron chi connectivity index (χ4n) is 2.96. The average Bonchev–Trinajstić information content (AvgIpc) is 2.49. The summed E-state index contributed by atoms with van der Waals surface area (Å²) < 4.78 is 5.42. The van der Waals surface area contributed by atoms with E-state index >= 15 is 0 Å². The molecule has 0 bridgehead atoms. The predicted molar refractivity (Wildman–Crippen MR) is 73.0 cm³/mol. The molecule has 0 aromatic heterocycles. The second-order valence-electron chi connectivity index (χ2n) is 5.38. The van der Waals surface area contributed by atoms with Crippen molar-refractivity contribution < 1.29 is 14.3 Å². The first-order valence-corrected chi connectivity index (χ1v) is 6.35. The predicted octanol–water partition coefficient (Wildman–Crippen LogP) is 2.49. The molecule has 0 radical (unpaired) electrons. The number of nitrogens with zero attached hydrogens (tertiary/aromatic N) is 1. The molecule has 1 aliphatic rings. The van der Waals surface area contributed by atoms with Crippen LogP contribution in [0.1, 0.15) is 37.5 Å². The number of benzene rings is 1. The number of rotatable bonds is 1. The van der Waals surface area contributed by atoms with Crippen LogP contribution in [0.5, 0.6) is 0 Å². The number of amides is 1. The van der Waals surface area contributed by atoms with Gasteiger partial charge in [-0.25, -0.2) is 0 Å². The Hall–Kier alpha value is -1.84. The third-order valence-corrected chi connectivity index (χ3v) is 3.49. The van der Waals surface area contributed by atoms with Crippen molar-refractivity contribution in [3.8, 4) is 0 Å². The number of hydrogen-bond donors (Lipinski definition) is 0. The van der Waals surface area contributed by atoms with Gasteiger partial charge in [-0.15, -0.1) is 0 Å². The molecule has 1 unspecified atom stereocenters. The van der Waals surface area contributed by atoms with Crippen molar-refractivity contribution in [2.45, 2.75) is 46.8 Å². The van der Waals surface area contributed by atoms with Crippen LogP contribution >= 0.6 is 0 Å². The van der Waals surface area contributed by atoms with Crippen molar-refractivity contribution >= 4 is 17.6 Å². The van der Waals surface area contributed by atoms with Crippen molar-refractivity contribution in [3.05, 3.63) is 28.8 Å². The lowest BCUT2D eigenvalue weighted by Crippen LogP contribution is -2.49. The molecule has 4 nitrogen and oxygen atoms in total. The van der Waals surface area contributed by atoms with Gasteiger partial charge in [-0.1, -0.05) is 6.07 Å². The van der Waals surface area contributed by atoms with E-state index in [2.05, 4.69) is 6.07 Å². The van der Waals surface area contributed by atoms with E-state index in [1.54, 1.807) is 11.8 Å².